The van der Waals surface area contributed by atoms with Crippen LogP contribution >= 0.6 is 39.0 Å². The lowest BCUT2D eigenvalue weighted by atomic mass is 10.3. The standard InChI is InChI=1S/C7H4BrNS2/c8-3-7(11-5-9)6-1-2-10-4-6/h1-4H/b7-3+. The van der Waals surface area contributed by atoms with Crippen LogP contribution < -0.4 is 0 Å². The van der Waals surface area contributed by atoms with Crippen LogP contribution in [0.3, 0.4) is 0 Å². The molecule has 1 nitrogen and oxygen atoms in total. The maximum Gasteiger partial charge on any atom is 0.138 e. The summed E-state index contributed by atoms with van der Waals surface area (Å²) in [4.78, 5) is 2.72. The maximum absolute atomic E-state index is 8.42. The van der Waals surface area contributed by atoms with Crippen LogP contribution in [0, 0.1) is 10.7 Å². The summed E-state index contributed by atoms with van der Waals surface area (Å²) in [6, 6.07) is 1.99. The average Bonchev–Trinajstić information content (AvgIpc) is 2.52. The Hall–Kier alpha value is -0.240. The molecule has 1 aromatic heterocycles. The molecule has 0 aliphatic rings. The van der Waals surface area contributed by atoms with Gasteiger partial charge in [-0.05, 0) is 33.6 Å². The Labute approximate surface area is 81.9 Å². The zero-order chi connectivity index (χ0) is 8.10. The van der Waals surface area contributed by atoms with Gasteiger partial charge in [0.15, 0.2) is 0 Å². The minimum Gasteiger partial charge on any atom is -0.185 e. The number of thiocyanates is 1. The van der Waals surface area contributed by atoms with Crippen LogP contribution in [0.1, 0.15) is 5.56 Å². The summed E-state index contributed by atoms with van der Waals surface area (Å²) < 4.78 is 0. The minimum atomic E-state index is 0.953. The first-order valence-electron chi connectivity index (χ1n) is 2.77. The van der Waals surface area contributed by atoms with Gasteiger partial charge in [0.2, 0.25) is 0 Å². The van der Waals surface area contributed by atoms with Crippen molar-refractivity contribution in [2.75, 3.05) is 0 Å². The van der Waals surface area contributed by atoms with Crippen LogP contribution in [0.5, 0.6) is 0 Å². The summed E-state index contributed by atoms with van der Waals surface area (Å²) in [7, 11) is 0. The van der Waals surface area contributed by atoms with Gasteiger partial charge < -0.3 is 0 Å². The van der Waals surface area contributed by atoms with Crippen molar-refractivity contribution in [1.29, 1.82) is 5.26 Å². The Morgan fingerprint density at radius 2 is 2.64 bits per heavy atom. The molecule has 0 amide bonds. The fraction of sp³-hybridized carbons (Fsp3) is 0. The van der Waals surface area contributed by atoms with Crippen LogP contribution in [-0.4, -0.2) is 0 Å². The molecule has 0 radical (unpaired) electrons. The fourth-order valence-corrected chi connectivity index (χ4v) is 2.26. The minimum absolute atomic E-state index is 0.953. The quantitative estimate of drug-likeness (QED) is 0.743. The van der Waals surface area contributed by atoms with Crippen molar-refractivity contribution >= 4 is 43.9 Å². The number of hydrogen-bond donors (Lipinski definition) is 0. The SMILES string of the molecule is N#CS/C(=C/Br)c1ccsc1. The van der Waals surface area contributed by atoms with E-state index in [0.717, 1.165) is 22.2 Å². The fourth-order valence-electron chi connectivity index (χ4n) is 0.598. The van der Waals surface area contributed by atoms with Crippen molar-refractivity contribution < 1.29 is 0 Å². The Kier molecular flexibility index (Phi) is 3.70. The monoisotopic (exact) mass is 245 g/mol. The van der Waals surface area contributed by atoms with Crippen molar-refractivity contribution in [3.05, 3.63) is 27.4 Å². The second-order valence-corrected chi connectivity index (χ2v) is 3.74. The molecule has 1 heterocycles. The third-order valence-corrected chi connectivity index (χ3v) is 3.17. The summed E-state index contributed by atoms with van der Waals surface area (Å²) in [6.07, 6.45) is 0. The molecule has 1 aromatic rings. The van der Waals surface area contributed by atoms with Gasteiger partial charge in [-0.1, -0.05) is 15.9 Å². The highest BCUT2D eigenvalue weighted by molar-refractivity contribution is 9.11. The highest BCUT2D eigenvalue weighted by Crippen LogP contribution is 2.28. The van der Waals surface area contributed by atoms with E-state index in [1.807, 2.05) is 22.2 Å². The van der Waals surface area contributed by atoms with Crippen molar-refractivity contribution in [2.45, 2.75) is 0 Å². The normalized spacial score (nSPS) is 11.1. The van der Waals surface area contributed by atoms with E-state index < -0.39 is 0 Å². The first-order valence-corrected chi connectivity index (χ1v) is 5.45. The van der Waals surface area contributed by atoms with Crippen LogP contribution in [-0.2, 0) is 0 Å². The highest BCUT2D eigenvalue weighted by atomic mass is 79.9. The topological polar surface area (TPSA) is 23.8 Å². The molecule has 0 saturated heterocycles. The van der Waals surface area contributed by atoms with Gasteiger partial charge in [0.25, 0.3) is 0 Å². The van der Waals surface area contributed by atoms with E-state index in [4.69, 9.17) is 5.26 Å². The van der Waals surface area contributed by atoms with Crippen molar-refractivity contribution in [3.8, 4) is 5.40 Å². The number of halogens is 1. The molecule has 11 heavy (non-hydrogen) atoms. The van der Waals surface area contributed by atoms with Gasteiger partial charge in [-0.25, -0.2) is 0 Å². The molecule has 0 saturated carbocycles. The summed E-state index contributed by atoms with van der Waals surface area (Å²) in [5.74, 6) is 0. The van der Waals surface area contributed by atoms with Crippen LogP contribution in [0.4, 0.5) is 0 Å². The zero-order valence-electron chi connectivity index (χ0n) is 5.45. The Morgan fingerprint density at radius 1 is 1.82 bits per heavy atom. The number of thioether (sulfide) groups is 1. The molecular weight excluding hydrogens is 242 g/mol. The summed E-state index contributed by atoms with van der Waals surface area (Å²) in [6.45, 7) is 0. The van der Waals surface area contributed by atoms with Crippen molar-refractivity contribution in [3.63, 3.8) is 0 Å². The Morgan fingerprint density at radius 3 is 3.09 bits per heavy atom. The van der Waals surface area contributed by atoms with Gasteiger partial charge in [-0.3, -0.25) is 0 Å². The maximum atomic E-state index is 8.42. The van der Waals surface area contributed by atoms with E-state index in [9.17, 15) is 0 Å². The predicted octanol–water partition coefficient (Wildman–Crippen LogP) is 3.66. The number of nitrogens with zero attached hydrogens (tertiary/aromatic N) is 1. The molecule has 56 valence electrons. The first kappa shape index (κ1) is 8.85. The number of hydrogen-bond acceptors (Lipinski definition) is 3. The highest BCUT2D eigenvalue weighted by Gasteiger charge is 2.00. The van der Waals surface area contributed by atoms with Gasteiger partial charge in [0.1, 0.15) is 5.40 Å². The van der Waals surface area contributed by atoms with E-state index in [2.05, 4.69) is 15.9 Å². The third-order valence-electron chi connectivity index (χ3n) is 1.06. The van der Waals surface area contributed by atoms with Crippen molar-refractivity contribution in [1.82, 2.24) is 0 Å². The molecule has 0 unspecified atom stereocenters. The van der Waals surface area contributed by atoms with Gasteiger partial charge in [0.05, 0.1) is 0 Å². The molecule has 4 heteroatoms. The van der Waals surface area contributed by atoms with Crippen LogP contribution in [0.2, 0.25) is 0 Å². The number of thiophene rings is 1. The molecular formula is C7H4BrNS2. The first-order chi connectivity index (χ1) is 5.38. The van der Waals surface area contributed by atoms with Gasteiger partial charge in [0, 0.05) is 10.5 Å². The molecule has 0 spiro atoms. The second kappa shape index (κ2) is 4.60. The van der Waals surface area contributed by atoms with E-state index in [0.29, 0.717) is 0 Å². The molecule has 0 aliphatic carbocycles. The lowest BCUT2D eigenvalue weighted by Gasteiger charge is -1.93. The summed E-state index contributed by atoms with van der Waals surface area (Å²) in [5.41, 5.74) is 1.10. The molecule has 0 N–H and O–H groups in total. The number of rotatable bonds is 2. The lowest BCUT2D eigenvalue weighted by molar-refractivity contribution is 1.57. The smallest absolute Gasteiger partial charge is 0.138 e. The van der Waals surface area contributed by atoms with Gasteiger partial charge in [-0.15, -0.1) is 0 Å². The molecule has 0 aromatic carbocycles. The third kappa shape index (κ3) is 2.37. The van der Waals surface area contributed by atoms with Crippen LogP contribution in [0.15, 0.2) is 21.8 Å². The van der Waals surface area contributed by atoms with E-state index in [1.54, 1.807) is 16.3 Å². The summed E-state index contributed by atoms with van der Waals surface area (Å²) in [5, 5.41) is 14.5. The molecule has 0 bridgehead atoms. The molecule has 0 fully saturated rings. The molecule has 0 atom stereocenters. The Bertz CT molecular complexity index is 284. The number of nitriles is 1. The average molecular weight is 246 g/mol. The largest absolute Gasteiger partial charge is 0.185 e. The molecule has 0 aliphatic heterocycles. The van der Waals surface area contributed by atoms with Gasteiger partial charge >= 0.3 is 0 Å². The predicted molar refractivity (Wildman–Crippen MR) is 54.4 cm³/mol. The molecule has 1 rings (SSSR count). The van der Waals surface area contributed by atoms with E-state index in [-0.39, 0.29) is 0 Å². The van der Waals surface area contributed by atoms with Gasteiger partial charge in [-0.2, -0.15) is 16.6 Å². The summed E-state index contributed by atoms with van der Waals surface area (Å²) >= 11 is 5.99. The van der Waals surface area contributed by atoms with E-state index in [1.165, 1.54) is 0 Å². The Balaban J connectivity index is 2.83. The lowest BCUT2D eigenvalue weighted by Crippen LogP contribution is -1.69. The van der Waals surface area contributed by atoms with Crippen LogP contribution in [0.25, 0.3) is 4.91 Å². The zero-order valence-corrected chi connectivity index (χ0v) is 8.67. The van der Waals surface area contributed by atoms with Crippen molar-refractivity contribution in [2.24, 2.45) is 0 Å². The van der Waals surface area contributed by atoms with E-state index >= 15 is 0 Å². The second-order valence-electron chi connectivity index (χ2n) is 1.68.